The average molecular weight is 571 g/mol. The van der Waals surface area contributed by atoms with Crippen LogP contribution in [0.1, 0.15) is 43.6 Å². The van der Waals surface area contributed by atoms with Crippen LogP contribution >= 0.6 is 11.3 Å². The van der Waals surface area contributed by atoms with E-state index in [1.54, 1.807) is 6.92 Å². The highest BCUT2D eigenvalue weighted by Gasteiger charge is 2.29. The van der Waals surface area contributed by atoms with E-state index in [1.165, 1.54) is 47.0 Å². The molecule has 0 saturated carbocycles. The normalized spacial score (nSPS) is 13.5. The maximum atomic E-state index is 13.1. The third-order valence-corrected chi connectivity index (χ3v) is 9.22. The minimum Gasteiger partial charge on any atom is -0.450 e. The third kappa shape index (κ3) is 6.53. The maximum absolute atomic E-state index is 13.1. The van der Waals surface area contributed by atoms with Gasteiger partial charge in [-0.15, -0.1) is 11.3 Å². The fourth-order valence-electron chi connectivity index (χ4n) is 4.24. The highest BCUT2D eigenvalue weighted by Crippen LogP contribution is 2.37. The average Bonchev–Trinajstić information content (AvgIpc) is 3.26. The molecular weight excluding hydrogens is 540 g/mol. The molecule has 0 fully saturated rings. The van der Waals surface area contributed by atoms with Gasteiger partial charge >= 0.3 is 6.09 Å². The number of likely N-dealkylation sites (N-methyl/N-ethyl adjacent to an activating group) is 1. The zero-order valence-electron chi connectivity index (χ0n) is 21.9. The Kier molecular flexibility index (Phi) is 8.80. The van der Waals surface area contributed by atoms with E-state index in [0.717, 1.165) is 22.5 Å². The van der Waals surface area contributed by atoms with Gasteiger partial charge in [-0.25, -0.2) is 13.2 Å². The standard InChI is InChI=1S/C27H30N4O6S2/c1-4-37-27(34)29-25(33)23-21-14-15-30(2)17-22(21)38-26(23)28-24(32)19-10-12-20(13-11-19)39(35,36)31(3)16-18-8-6-5-7-9-18/h5-13H,4,14-17H2,1-3H3,(H,28,32)(H,29,33,34). The van der Waals surface area contributed by atoms with Crippen molar-refractivity contribution in [3.63, 3.8) is 0 Å². The highest BCUT2D eigenvalue weighted by atomic mass is 32.2. The number of nitrogens with one attached hydrogen (secondary N) is 2. The molecule has 2 aromatic carbocycles. The van der Waals surface area contributed by atoms with Gasteiger partial charge in [0.05, 0.1) is 17.1 Å². The van der Waals surface area contributed by atoms with Crippen molar-refractivity contribution in [3.8, 4) is 0 Å². The van der Waals surface area contributed by atoms with Crippen LogP contribution in [0.25, 0.3) is 0 Å². The first-order valence-corrected chi connectivity index (χ1v) is 14.6. The molecule has 39 heavy (non-hydrogen) atoms. The molecule has 0 radical (unpaired) electrons. The summed E-state index contributed by atoms with van der Waals surface area (Å²) in [4.78, 5) is 41.1. The lowest BCUT2D eigenvalue weighted by Gasteiger charge is -2.22. The second kappa shape index (κ2) is 12.1. The van der Waals surface area contributed by atoms with Gasteiger partial charge in [0.2, 0.25) is 10.0 Å². The molecule has 2 N–H and O–H groups in total. The number of nitrogens with zero attached hydrogens (tertiary/aromatic N) is 2. The van der Waals surface area contributed by atoms with Gasteiger partial charge in [-0.3, -0.25) is 14.9 Å². The molecule has 2 heterocycles. The molecular formula is C27H30N4O6S2. The van der Waals surface area contributed by atoms with Crippen molar-refractivity contribution in [2.45, 2.75) is 31.3 Å². The fraction of sp³-hybridized carbons (Fsp3) is 0.296. The predicted octanol–water partition coefficient (Wildman–Crippen LogP) is 3.70. The van der Waals surface area contributed by atoms with Gasteiger partial charge in [0.15, 0.2) is 0 Å². The van der Waals surface area contributed by atoms with Gasteiger partial charge in [-0.1, -0.05) is 30.3 Å². The van der Waals surface area contributed by atoms with Crippen LogP contribution in [-0.2, 0) is 34.3 Å². The monoisotopic (exact) mass is 570 g/mol. The second-order valence-corrected chi connectivity index (χ2v) is 12.2. The Labute approximate surface area is 231 Å². The van der Waals surface area contributed by atoms with Crippen LogP contribution in [0.15, 0.2) is 59.5 Å². The number of fused-ring (bicyclic) bond motifs is 1. The van der Waals surface area contributed by atoms with Crippen LogP contribution in [0, 0.1) is 0 Å². The number of ether oxygens (including phenoxy) is 1. The topological polar surface area (TPSA) is 125 Å². The quantitative estimate of drug-likeness (QED) is 0.423. The summed E-state index contributed by atoms with van der Waals surface area (Å²) in [5, 5.41) is 5.33. The Hall–Kier alpha value is -3.58. The summed E-state index contributed by atoms with van der Waals surface area (Å²) in [6.07, 6.45) is -0.269. The number of carbonyl (C=O) groups is 3. The first-order chi connectivity index (χ1) is 18.6. The molecule has 0 spiro atoms. The van der Waals surface area contributed by atoms with Crippen LogP contribution < -0.4 is 10.6 Å². The van der Waals surface area contributed by atoms with Crippen molar-refractivity contribution in [2.75, 3.05) is 32.6 Å². The molecule has 3 aromatic rings. The number of sulfonamides is 1. The zero-order chi connectivity index (χ0) is 28.2. The molecule has 0 unspecified atom stereocenters. The smallest absolute Gasteiger partial charge is 0.414 e. The second-order valence-electron chi connectivity index (χ2n) is 9.10. The fourth-order valence-corrected chi connectivity index (χ4v) is 6.72. The van der Waals surface area contributed by atoms with E-state index in [9.17, 15) is 22.8 Å². The summed E-state index contributed by atoms with van der Waals surface area (Å²) >= 11 is 1.28. The van der Waals surface area contributed by atoms with E-state index in [1.807, 2.05) is 37.4 Å². The molecule has 4 rings (SSSR count). The number of hydrogen-bond donors (Lipinski definition) is 2. The Bertz CT molecular complexity index is 1470. The Balaban J connectivity index is 1.53. The SMILES string of the molecule is CCOC(=O)NC(=O)c1c(NC(=O)c2ccc(S(=O)(=O)N(C)Cc3ccccc3)cc2)sc2c1CCN(C)C2. The van der Waals surface area contributed by atoms with Gasteiger partial charge in [0, 0.05) is 37.1 Å². The largest absolute Gasteiger partial charge is 0.450 e. The Morgan fingerprint density at radius 1 is 1.05 bits per heavy atom. The van der Waals surface area contributed by atoms with E-state index >= 15 is 0 Å². The summed E-state index contributed by atoms with van der Waals surface area (Å²) in [5.41, 5.74) is 2.11. The van der Waals surface area contributed by atoms with Crippen LogP contribution in [0.4, 0.5) is 9.80 Å². The zero-order valence-corrected chi connectivity index (χ0v) is 23.5. The molecule has 0 atom stereocenters. The number of amides is 3. The van der Waals surface area contributed by atoms with E-state index in [4.69, 9.17) is 4.74 Å². The van der Waals surface area contributed by atoms with E-state index in [2.05, 4.69) is 15.5 Å². The number of thiophene rings is 1. The van der Waals surface area contributed by atoms with E-state index in [-0.39, 0.29) is 29.2 Å². The first-order valence-electron chi connectivity index (χ1n) is 12.3. The minimum absolute atomic E-state index is 0.0570. The molecule has 0 aliphatic carbocycles. The number of rotatable bonds is 8. The summed E-state index contributed by atoms with van der Waals surface area (Å²) in [6, 6.07) is 14.9. The Morgan fingerprint density at radius 3 is 2.41 bits per heavy atom. The molecule has 10 nitrogen and oxygen atoms in total. The number of carbonyl (C=O) groups excluding carboxylic acids is 3. The van der Waals surface area contributed by atoms with Crippen molar-refractivity contribution < 1.29 is 27.5 Å². The van der Waals surface area contributed by atoms with Crippen LogP contribution in [0.3, 0.4) is 0 Å². The lowest BCUT2D eigenvalue weighted by atomic mass is 10.0. The van der Waals surface area contributed by atoms with E-state index < -0.39 is 27.9 Å². The Morgan fingerprint density at radius 2 is 1.74 bits per heavy atom. The molecule has 0 bridgehead atoms. The van der Waals surface area contributed by atoms with Gasteiger partial charge in [-0.2, -0.15) is 4.31 Å². The number of hydrogen-bond acceptors (Lipinski definition) is 8. The molecule has 206 valence electrons. The van der Waals surface area contributed by atoms with Crippen molar-refractivity contribution in [2.24, 2.45) is 0 Å². The number of anilines is 1. The minimum atomic E-state index is -3.78. The molecule has 1 aliphatic heterocycles. The first kappa shape index (κ1) is 28.4. The number of alkyl carbamates (subject to hydrolysis) is 1. The van der Waals surface area contributed by atoms with Gasteiger partial charge in [0.25, 0.3) is 11.8 Å². The molecule has 0 saturated heterocycles. The summed E-state index contributed by atoms with van der Waals surface area (Å²) < 4.78 is 32.2. The highest BCUT2D eigenvalue weighted by molar-refractivity contribution is 7.89. The van der Waals surface area contributed by atoms with Crippen molar-refractivity contribution in [1.82, 2.24) is 14.5 Å². The maximum Gasteiger partial charge on any atom is 0.414 e. The van der Waals surface area contributed by atoms with Crippen LogP contribution in [0.5, 0.6) is 0 Å². The lowest BCUT2D eigenvalue weighted by Crippen LogP contribution is -2.33. The van der Waals surface area contributed by atoms with Crippen LogP contribution in [-0.4, -0.2) is 62.8 Å². The van der Waals surface area contributed by atoms with Gasteiger partial charge < -0.3 is 15.0 Å². The summed E-state index contributed by atoms with van der Waals surface area (Å²) in [5.74, 6) is -1.15. The van der Waals surface area contributed by atoms with Crippen LogP contribution in [0.2, 0.25) is 0 Å². The van der Waals surface area contributed by atoms with Crippen molar-refractivity contribution in [3.05, 3.63) is 81.7 Å². The van der Waals surface area contributed by atoms with E-state index in [0.29, 0.717) is 18.0 Å². The van der Waals surface area contributed by atoms with Crippen molar-refractivity contribution >= 4 is 44.3 Å². The third-order valence-electron chi connectivity index (χ3n) is 6.27. The molecule has 1 aliphatic rings. The van der Waals surface area contributed by atoms with Crippen molar-refractivity contribution in [1.29, 1.82) is 0 Å². The predicted molar refractivity (Wildman–Crippen MR) is 148 cm³/mol. The number of imide groups is 1. The number of benzene rings is 2. The summed E-state index contributed by atoms with van der Waals surface area (Å²) in [7, 11) is -0.312. The van der Waals surface area contributed by atoms with Gasteiger partial charge in [0.1, 0.15) is 5.00 Å². The van der Waals surface area contributed by atoms with Gasteiger partial charge in [-0.05, 0) is 55.8 Å². The molecule has 3 amide bonds. The lowest BCUT2D eigenvalue weighted by molar-refractivity contribution is 0.0924. The molecule has 1 aromatic heterocycles. The summed E-state index contributed by atoms with van der Waals surface area (Å²) in [6.45, 7) is 3.29. The molecule has 12 heteroatoms.